The molecule has 0 radical (unpaired) electrons. The first-order valence-corrected chi connectivity index (χ1v) is 7.75. The van der Waals surface area contributed by atoms with Gasteiger partial charge in [0.1, 0.15) is 12.7 Å². The van der Waals surface area contributed by atoms with Crippen LogP contribution in [0, 0.1) is 0 Å². The van der Waals surface area contributed by atoms with Crippen LogP contribution in [-0.2, 0) is 6.54 Å². The number of hydrogen-bond acceptors (Lipinski definition) is 3. The predicted octanol–water partition coefficient (Wildman–Crippen LogP) is 2.83. The molecule has 0 unspecified atom stereocenters. The highest BCUT2D eigenvalue weighted by Gasteiger charge is 2.09. The van der Waals surface area contributed by atoms with Crippen molar-refractivity contribution in [3.05, 3.63) is 78.4 Å². The number of rotatable bonds is 5. The fourth-order valence-corrected chi connectivity index (χ4v) is 2.37. The van der Waals surface area contributed by atoms with Crippen molar-refractivity contribution in [2.45, 2.75) is 19.5 Å². The van der Waals surface area contributed by atoms with Crippen LogP contribution >= 0.6 is 0 Å². The van der Waals surface area contributed by atoms with Gasteiger partial charge in [0.15, 0.2) is 0 Å². The Balaban J connectivity index is 1.54. The lowest BCUT2D eigenvalue weighted by molar-refractivity contribution is 0.237. The van der Waals surface area contributed by atoms with E-state index < -0.39 is 0 Å². The third-order valence-corrected chi connectivity index (χ3v) is 3.72. The van der Waals surface area contributed by atoms with E-state index in [1.165, 1.54) is 6.33 Å². The Hall–Kier alpha value is -3.15. The Morgan fingerprint density at radius 1 is 1.12 bits per heavy atom. The van der Waals surface area contributed by atoms with Gasteiger partial charge in [-0.25, -0.2) is 14.5 Å². The molecule has 3 aromatic rings. The van der Waals surface area contributed by atoms with E-state index >= 15 is 0 Å². The highest BCUT2D eigenvalue weighted by molar-refractivity contribution is 5.74. The van der Waals surface area contributed by atoms with Crippen LogP contribution in [0.25, 0.3) is 5.69 Å². The number of urea groups is 1. The zero-order chi connectivity index (χ0) is 16.8. The molecule has 0 saturated heterocycles. The van der Waals surface area contributed by atoms with Crippen LogP contribution in [0.4, 0.5) is 4.79 Å². The topological polar surface area (TPSA) is 71.8 Å². The standard InChI is InChI=1S/C18H19N5O/c1-14(22-18(24)20-11-15-5-3-2-4-6-15)16-7-9-17(10-8-16)23-13-19-12-21-23/h2-10,12-14H,11H2,1H3,(H2,20,22,24)/t14-/m0/s1. The van der Waals surface area contributed by atoms with Crippen LogP contribution in [0.1, 0.15) is 24.1 Å². The molecule has 1 aromatic heterocycles. The average molecular weight is 321 g/mol. The van der Waals surface area contributed by atoms with E-state index in [2.05, 4.69) is 20.7 Å². The summed E-state index contributed by atoms with van der Waals surface area (Å²) in [5.74, 6) is 0. The van der Waals surface area contributed by atoms with Crippen LogP contribution in [0.15, 0.2) is 67.3 Å². The van der Waals surface area contributed by atoms with Gasteiger partial charge in [-0.15, -0.1) is 0 Å². The molecule has 122 valence electrons. The Morgan fingerprint density at radius 3 is 2.54 bits per heavy atom. The fraction of sp³-hybridized carbons (Fsp3) is 0.167. The summed E-state index contributed by atoms with van der Waals surface area (Å²) in [6.07, 6.45) is 3.14. The van der Waals surface area contributed by atoms with Gasteiger partial charge in [-0.05, 0) is 30.2 Å². The van der Waals surface area contributed by atoms with Gasteiger partial charge >= 0.3 is 6.03 Å². The molecule has 0 saturated carbocycles. The predicted molar refractivity (Wildman–Crippen MR) is 91.6 cm³/mol. The second-order valence-corrected chi connectivity index (χ2v) is 5.47. The maximum Gasteiger partial charge on any atom is 0.315 e. The molecule has 24 heavy (non-hydrogen) atoms. The molecule has 6 nitrogen and oxygen atoms in total. The quantitative estimate of drug-likeness (QED) is 0.759. The number of hydrogen-bond donors (Lipinski definition) is 2. The number of carbonyl (C=O) groups excluding carboxylic acids is 1. The van der Waals surface area contributed by atoms with E-state index in [-0.39, 0.29) is 12.1 Å². The van der Waals surface area contributed by atoms with E-state index in [0.717, 1.165) is 16.8 Å². The molecule has 1 heterocycles. The second-order valence-electron chi connectivity index (χ2n) is 5.47. The lowest BCUT2D eigenvalue weighted by atomic mass is 10.1. The second kappa shape index (κ2) is 7.41. The molecule has 0 spiro atoms. The molecule has 0 aliphatic heterocycles. The van der Waals surface area contributed by atoms with Gasteiger partial charge < -0.3 is 10.6 Å². The van der Waals surface area contributed by atoms with Crippen LogP contribution in [0.2, 0.25) is 0 Å². The summed E-state index contributed by atoms with van der Waals surface area (Å²) in [6.45, 7) is 2.46. The molecule has 3 rings (SSSR count). The molecular weight excluding hydrogens is 302 g/mol. The minimum Gasteiger partial charge on any atom is -0.334 e. The van der Waals surface area contributed by atoms with Crippen molar-refractivity contribution in [2.75, 3.05) is 0 Å². The third kappa shape index (κ3) is 3.98. The number of carbonyl (C=O) groups is 1. The van der Waals surface area contributed by atoms with Gasteiger partial charge in [-0.1, -0.05) is 42.5 Å². The molecule has 2 amide bonds. The number of benzene rings is 2. The summed E-state index contributed by atoms with van der Waals surface area (Å²) in [6, 6.07) is 17.4. The number of aromatic nitrogens is 3. The van der Waals surface area contributed by atoms with Crippen LogP contribution in [0.5, 0.6) is 0 Å². The number of nitrogens with zero attached hydrogens (tertiary/aromatic N) is 3. The van der Waals surface area contributed by atoms with Crippen LogP contribution in [-0.4, -0.2) is 20.8 Å². The molecule has 2 aromatic carbocycles. The minimum absolute atomic E-state index is 0.0921. The van der Waals surface area contributed by atoms with E-state index in [1.54, 1.807) is 11.0 Å². The summed E-state index contributed by atoms with van der Waals surface area (Å²) >= 11 is 0. The normalized spacial score (nSPS) is 11.7. The first-order valence-electron chi connectivity index (χ1n) is 7.75. The molecule has 0 fully saturated rings. The van der Waals surface area contributed by atoms with Gasteiger partial charge in [0.05, 0.1) is 11.7 Å². The average Bonchev–Trinajstić information content (AvgIpc) is 3.16. The van der Waals surface area contributed by atoms with E-state index in [1.807, 2.05) is 61.5 Å². The molecule has 0 aliphatic rings. The smallest absolute Gasteiger partial charge is 0.315 e. The third-order valence-electron chi connectivity index (χ3n) is 3.72. The van der Waals surface area contributed by atoms with Crippen molar-refractivity contribution in [1.82, 2.24) is 25.4 Å². The zero-order valence-electron chi connectivity index (χ0n) is 13.4. The van der Waals surface area contributed by atoms with Crippen molar-refractivity contribution in [1.29, 1.82) is 0 Å². The van der Waals surface area contributed by atoms with Gasteiger partial charge in [0.25, 0.3) is 0 Å². The number of nitrogens with one attached hydrogen (secondary N) is 2. The SMILES string of the molecule is C[C@H](NC(=O)NCc1ccccc1)c1ccc(-n2cncn2)cc1. The first kappa shape index (κ1) is 15.7. The van der Waals surface area contributed by atoms with Crippen molar-refractivity contribution in [3.63, 3.8) is 0 Å². The molecule has 0 bridgehead atoms. The minimum atomic E-state index is -0.188. The molecular formula is C18H19N5O. The van der Waals surface area contributed by atoms with Crippen LogP contribution < -0.4 is 10.6 Å². The Morgan fingerprint density at radius 2 is 1.88 bits per heavy atom. The molecule has 6 heteroatoms. The van der Waals surface area contributed by atoms with Gasteiger partial charge in [-0.3, -0.25) is 0 Å². The van der Waals surface area contributed by atoms with Crippen molar-refractivity contribution in [2.24, 2.45) is 0 Å². The summed E-state index contributed by atoms with van der Waals surface area (Å²) < 4.78 is 1.69. The van der Waals surface area contributed by atoms with E-state index in [9.17, 15) is 4.79 Å². The van der Waals surface area contributed by atoms with Crippen LogP contribution in [0.3, 0.4) is 0 Å². The van der Waals surface area contributed by atoms with E-state index in [4.69, 9.17) is 0 Å². The molecule has 2 N–H and O–H groups in total. The maximum absolute atomic E-state index is 12.0. The highest BCUT2D eigenvalue weighted by Crippen LogP contribution is 2.15. The summed E-state index contributed by atoms with van der Waals surface area (Å²) in [4.78, 5) is 15.9. The first-order chi connectivity index (χ1) is 11.7. The summed E-state index contributed by atoms with van der Waals surface area (Å²) in [7, 11) is 0. The lowest BCUT2D eigenvalue weighted by Gasteiger charge is -2.15. The largest absolute Gasteiger partial charge is 0.334 e. The molecule has 1 atom stereocenters. The van der Waals surface area contributed by atoms with Crippen molar-refractivity contribution in [3.8, 4) is 5.69 Å². The van der Waals surface area contributed by atoms with Gasteiger partial charge in [-0.2, -0.15) is 5.10 Å². The van der Waals surface area contributed by atoms with Gasteiger partial charge in [0.2, 0.25) is 0 Å². The summed E-state index contributed by atoms with van der Waals surface area (Å²) in [5.41, 5.74) is 3.02. The molecule has 0 aliphatic carbocycles. The Kier molecular flexibility index (Phi) is 4.86. The van der Waals surface area contributed by atoms with Crippen molar-refractivity contribution >= 4 is 6.03 Å². The fourth-order valence-electron chi connectivity index (χ4n) is 2.37. The Bertz CT molecular complexity index is 769. The number of amides is 2. The Labute approximate surface area is 140 Å². The van der Waals surface area contributed by atoms with Crippen molar-refractivity contribution < 1.29 is 4.79 Å². The zero-order valence-corrected chi connectivity index (χ0v) is 13.4. The monoisotopic (exact) mass is 321 g/mol. The summed E-state index contributed by atoms with van der Waals surface area (Å²) in [5, 5.41) is 9.89. The maximum atomic E-state index is 12.0. The highest BCUT2D eigenvalue weighted by atomic mass is 16.2. The lowest BCUT2D eigenvalue weighted by Crippen LogP contribution is -2.36. The van der Waals surface area contributed by atoms with E-state index in [0.29, 0.717) is 6.54 Å². The van der Waals surface area contributed by atoms with Gasteiger partial charge in [0, 0.05) is 6.54 Å².